The maximum absolute atomic E-state index is 13.2. The van der Waals surface area contributed by atoms with Crippen LogP contribution in [0.1, 0.15) is 5.56 Å². The molecule has 0 saturated carbocycles. The second-order valence-corrected chi connectivity index (χ2v) is 7.00. The zero-order valence-electron chi connectivity index (χ0n) is 16.9. The summed E-state index contributed by atoms with van der Waals surface area (Å²) in [6.07, 6.45) is 2.48. The summed E-state index contributed by atoms with van der Waals surface area (Å²) in [6, 6.07) is 17.5. The number of carbonyl (C=O) groups excluding carboxylic acids is 2. The molecule has 2 amide bonds. The van der Waals surface area contributed by atoms with Gasteiger partial charge in [0.25, 0.3) is 5.91 Å². The largest absolute Gasteiger partial charge is 0.479 e. The zero-order valence-corrected chi connectivity index (χ0v) is 16.9. The van der Waals surface area contributed by atoms with Crippen molar-refractivity contribution in [3.05, 3.63) is 91.5 Å². The number of hydrogen-bond donors (Lipinski definition) is 2. The topological polar surface area (TPSA) is 70.7 Å². The molecule has 3 atom stereocenters. The minimum absolute atomic E-state index is 0.241. The summed E-state index contributed by atoms with van der Waals surface area (Å²) in [5.74, 6) is 0.0834. The Labute approximate surface area is 177 Å². The summed E-state index contributed by atoms with van der Waals surface area (Å²) < 4.78 is 6.01. The number of hydrogen-bond acceptors (Lipinski definition) is 4. The van der Waals surface area contributed by atoms with Crippen molar-refractivity contribution in [1.82, 2.24) is 15.5 Å². The van der Waals surface area contributed by atoms with E-state index in [9.17, 15) is 9.59 Å². The van der Waals surface area contributed by atoms with E-state index in [0.29, 0.717) is 18.8 Å². The second-order valence-electron chi connectivity index (χ2n) is 7.00. The third-order valence-electron chi connectivity index (χ3n) is 4.94. The monoisotopic (exact) mass is 405 g/mol. The van der Waals surface area contributed by atoms with Gasteiger partial charge in [-0.3, -0.25) is 9.59 Å². The zero-order chi connectivity index (χ0) is 21.3. The first-order valence-corrected chi connectivity index (χ1v) is 9.94. The third kappa shape index (κ3) is 4.96. The van der Waals surface area contributed by atoms with Crippen LogP contribution in [0.25, 0.3) is 0 Å². The van der Waals surface area contributed by atoms with Gasteiger partial charge in [-0.05, 0) is 17.7 Å². The van der Waals surface area contributed by atoms with Crippen molar-refractivity contribution in [3.63, 3.8) is 0 Å². The fourth-order valence-electron chi connectivity index (χ4n) is 3.56. The summed E-state index contributed by atoms with van der Waals surface area (Å²) in [7, 11) is 0. The third-order valence-corrected chi connectivity index (χ3v) is 4.94. The Hall–Kier alpha value is -3.38. The van der Waals surface area contributed by atoms with Crippen molar-refractivity contribution in [1.29, 1.82) is 0 Å². The van der Waals surface area contributed by atoms with Crippen molar-refractivity contribution in [2.24, 2.45) is 0 Å². The normalized spacial score (nSPS) is 20.6. The van der Waals surface area contributed by atoms with Crippen molar-refractivity contribution in [2.45, 2.75) is 24.7 Å². The quantitative estimate of drug-likeness (QED) is 0.595. The number of likely N-dealkylation sites (tertiary alicyclic amines) is 1. The van der Waals surface area contributed by atoms with Crippen LogP contribution in [0.5, 0.6) is 5.75 Å². The van der Waals surface area contributed by atoms with E-state index >= 15 is 0 Å². The van der Waals surface area contributed by atoms with Crippen LogP contribution in [-0.2, 0) is 16.1 Å². The first-order valence-electron chi connectivity index (χ1n) is 9.94. The lowest BCUT2D eigenvalue weighted by Crippen LogP contribution is -2.54. The predicted molar refractivity (Wildman–Crippen MR) is 117 cm³/mol. The molecule has 30 heavy (non-hydrogen) atoms. The van der Waals surface area contributed by atoms with Gasteiger partial charge in [-0.15, -0.1) is 13.2 Å². The molecular weight excluding hydrogens is 378 g/mol. The lowest BCUT2D eigenvalue weighted by molar-refractivity contribution is -0.137. The molecule has 2 aromatic rings. The van der Waals surface area contributed by atoms with E-state index in [2.05, 4.69) is 23.8 Å². The highest BCUT2D eigenvalue weighted by Crippen LogP contribution is 2.25. The summed E-state index contributed by atoms with van der Waals surface area (Å²) in [5, 5.41) is 6.20. The molecule has 2 aromatic carbocycles. The van der Waals surface area contributed by atoms with Gasteiger partial charge in [0.05, 0.1) is 6.04 Å². The van der Waals surface area contributed by atoms with Crippen LogP contribution in [0, 0.1) is 0 Å². The second kappa shape index (κ2) is 10.4. The Morgan fingerprint density at radius 1 is 1.03 bits per heavy atom. The molecule has 6 nitrogen and oxygen atoms in total. The van der Waals surface area contributed by atoms with Gasteiger partial charge in [0, 0.05) is 19.6 Å². The molecular formula is C24H27N3O3. The number of nitrogens with zero attached hydrogens (tertiary/aromatic N) is 1. The van der Waals surface area contributed by atoms with Crippen LogP contribution >= 0.6 is 0 Å². The first-order chi connectivity index (χ1) is 14.7. The number of carbonyl (C=O) groups is 2. The Morgan fingerprint density at radius 3 is 2.33 bits per heavy atom. The number of para-hydroxylation sites is 1. The number of amides is 2. The van der Waals surface area contributed by atoms with Gasteiger partial charge in [0.15, 0.2) is 6.10 Å². The SMILES string of the molecule is C=CCN[C@H]1[C@@H](C(=O)NCc2ccccc2)N(CC=C)C(=O)[C@@H]1Oc1ccccc1. The summed E-state index contributed by atoms with van der Waals surface area (Å²) in [5.41, 5.74) is 0.984. The molecule has 1 aliphatic heterocycles. The number of nitrogens with one attached hydrogen (secondary N) is 2. The Kier molecular flexibility index (Phi) is 7.40. The van der Waals surface area contributed by atoms with Crippen molar-refractivity contribution < 1.29 is 14.3 Å². The molecule has 0 aliphatic carbocycles. The molecule has 2 N–H and O–H groups in total. The van der Waals surface area contributed by atoms with E-state index in [1.54, 1.807) is 24.3 Å². The fourth-order valence-corrected chi connectivity index (χ4v) is 3.56. The summed E-state index contributed by atoms with van der Waals surface area (Å²) >= 11 is 0. The average molecular weight is 405 g/mol. The van der Waals surface area contributed by atoms with E-state index < -0.39 is 18.2 Å². The highest BCUT2D eigenvalue weighted by Gasteiger charge is 2.52. The lowest BCUT2D eigenvalue weighted by atomic mass is 10.1. The van der Waals surface area contributed by atoms with Crippen LogP contribution in [-0.4, -0.2) is 48.0 Å². The van der Waals surface area contributed by atoms with Crippen LogP contribution in [0.2, 0.25) is 0 Å². The molecule has 0 radical (unpaired) electrons. The van der Waals surface area contributed by atoms with Gasteiger partial charge in [-0.25, -0.2) is 0 Å². The number of benzene rings is 2. The Morgan fingerprint density at radius 2 is 1.70 bits per heavy atom. The molecule has 0 unspecified atom stereocenters. The van der Waals surface area contributed by atoms with E-state index in [0.717, 1.165) is 5.56 Å². The molecule has 1 heterocycles. The van der Waals surface area contributed by atoms with Crippen LogP contribution in [0.3, 0.4) is 0 Å². The minimum Gasteiger partial charge on any atom is -0.479 e. The van der Waals surface area contributed by atoms with Gasteiger partial charge in [0.2, 0.25) is 5.91 Å². The maximum Gasteiger partial charge on any atom is 0.266 e. The van der Waals surface area contributed by atoms with Gasteiger partial charge in [-0.2, -0.15) is 0 Å². The fraction of sp³-hybridized carbons (Fsp3) is 0.250. The van der Waals surface area contributed by atoms with Gasteiger partial charge in [-0.1, -0.05) is 60.7 Å². The molecule has 1 aliphatic rings. The van der Waals surface area contributed by atoms with Gasteiger partial charge in [0.1, 0.15) is 11.8 Å². The van der Waals surface area contributed by atoms with Gasteiger partial charge < -0.3 is 20.3 Å². The molecule has 1 saturated heterocycles. The first kappa shape index (κ1) is 21.3. The predicted octanol–water partition coefficient (Wildman–Crippen LogP) is 2.29. The number of ether oxygens (including phenoxy) is 1. The standard InChI is InChI=1S/C24H27N3O3/c1-3-15-25-20-21(23(28)26-17-18-11-7-5-8-12-18)27(16-4-2)24(29)22(20)30-19-13-9-6-10-14-19/h3-14,20-22,25H,1-2,15-17H2,(H,26,28)/t20-,21-,22+/m0/s1. The highest BCUT2D eigenvalue weighted by atomic mass is 16.5. The molecule has 6 heteroatoms. The van der Waals surface area contributed by atoms with Crippen molar-refractivity contribution in [3.8, 4) is 5.75 Å². The highest BCUT2D eigenvalue weighted by molar-refractivity contribution is 5.95. The smallest absolute Gasteiger partial charge is 0.266 e. The van der Waals surface area contributed by atoms with Crippen molar-refractivity contribution in [2.75, 3.05) is 13.1 Å². The van der Waals surface area contributed by atoms with E-state index in [-0.39, 0.29) is 18.4 Å². The maximum atomic E-state index is 13.2. The van der Waals surface area contributed by atoms with E-state index in [4.69, 9.17) is 4.74 Å². The summed E-state index contributed by atoms with van der Waals surface area (Å²) in [4.78, 5) is 27.8. The van der Waals surface area contributed by atoms with E-state index in [1.807, 2.05) is 48.5 Å². The molecule has 3 rings (SSSR count). The molecule has 0 spiro atoms. The minimum atomic E-state index is -0.834. The molecule has 0 aromatic heterocycles. The van der Waals surface area contributed by atoms with Crippen LogP contribution in [0.4, 0.5) is 0 Å². The lowest BCUT2D eigenvalue weighted by Gasteiger charge is -2.27. The van der Waals surface area contributed by atoms with Gasteiger partial charge >= 0.3 is 0 Å². The summed E-state index contributed by atoms with van der Waals surface area (Å²) in [6.45, 7) is 8.55. The Bertz CT molecular complexity index is 870. The van der Waals surface area contributed by atoms with Crippen molar-refractivity contribution >= 4 is 11.8 Å². The average Bonchev–Trinajstić information content (AvgIpc) is 3.03. The Balaban J connectivity index is 1.83. The van der Waals surface area contributed by atoms with E-state index in [1.165, 1.54) is 4.90 Å². The van der Waals surface area contributed by atoms with Crippen LogP contribution in [0.15, 0.2) is 86.0 Å². The number of rotatable bonds is 10. The molecule has 156 valence electrons. The van der Waals surface area contributed by atoms with Crippen LogP contribution < -0.4 is 15.4 Å². The molecule has 0 bridgehead atoms. The molecule has 1 fully saturated rings.